The van der Waals surface area contributed by atoms with Crippen molar-refractivity contribution in [1.82, 2.24) is 15.0 Å². The van der Waals surface area contributed by atoms with Gasteiger partial charge < -0.3 is 4.74 Å². The number of hydrogen-bond donors (Lipinski definition) is 0. The summed E-state index contributed by atoms with van der Waals surface area (Å²) in [6.45, 7) is 0.287. The second-order valence-electron chi connectivity index (χ2n) is 4.70. The van der Waals surface area contributed by atoms with E-state index in [2.05, 4.69) is 15.0 Å². The lowest BCUT2D eigenvalue weighted by atomic mass is 10.2. The molecule has 19 heavy (non-hydrogen) atoms. The maximum atomic E-state index is 13.5. The van der Waals surface area contributed by atoms with Crippen LogP contribution in [0.4, 0.5) is 4.39 Å². The minimum Gasteiger partial charge on any atom is -0.457 e. The van der Waals surface area contributed by atoms with Crippen LogP contribution < -0.4 is 4.74 Å². The summed E-state index contributed by atoms with van der Waals surface area (Å²) < 4.78 is 19.0. The van der Waals surface area contributed by atoms with Crippen molar-refractivity contribution in [2.75, 3.05) is 0 Å². The maximum Gasteiger partial charge on any atom is 0.317 e. The van der Waals surface area contributed by atoms with Crippen molar-refractivity contribution < 1.29 is 9.13 Å². The molecule has 0 atom stereocenters. The average molecular weight is 259 g/mol. The van der Waals surface area contributed by atoms with Gasteiger partial charge in [0.15, 0.2) is 5.82 Å². The van der Waals surface area contributed by atoms with E-state index < -0.39 is 0 Å². The normalized spacial score (nSPS) is 14.4. The maximum absolute atomic E-state index is 13.5. The second-order valence-corrected chi connectivity index (χ2v) is 4.70. The zero-order valence-corrected chi connectivity index (χ0v) is 10.4. The van der Waals surface area contributed by atoms with E-state index in [1.165, 1.54) is 6.20 Å². The molecule has 0 radical (unpaired) electrons. The van der Waals surface area contributed by atoms with E-state index in [9.17, 15) is 4.39 Å². The van der Waals surface area contributed by atoms with Crippen molar-refractivity contribution in [3.05, 3.63) is 47.8 Å². The van der Waals surface area contributed by atoms with Crippen LogP contribution in [0.5, 0.6) is 6.01 Å². The Bertz CT molecular complexity index is 558. The Morgan fingerprint density at radius 3 is 2.89 bits per heavy atom. The highest BCUT2D eigenvalue weighted by molar-refractivity contribution is 5.11. The molecule has 0 amide bonds. The number of halogens is 1. The average Bonchev–Trinajstić information content (AvgIpc) is 3.25. The fourth-order valence-electron chi connectivity index (χ4n) is 1.81. The van der Waals surface area contributed by atoms with Gasteiger partial charge in [-0.25, -0.2) is 9.37 Å². The third kappa shape index (κ3) is 3.24. The van der Waals surface area contributed by atoms with E-state index in [0.717, 1.165) is 18.5 Å². The molecule has 2 aromatic heterocycles. The number of rotatable bonds is 5. The predicted molar refractivity (Wildman–Crippen MR) is 67.0 cm³/mol. The quantitative estimate of drug-likeness (QED) is 0.828. The largest absolute Gasteiger partial charge is 0.457 e. The monoisotopic (exact) mass is 259 g/mol. The molecule has 0 spiro atoms. The van der Waals surface area contributed by atoms with Crippen LogP contribution in [0.3, 0.4) is 0 Å². The Kier molecular flexibility index (Phi) is 3.35. The van der Waals surface area contributed by atoms with Gasteiger partial charge in [0.05, 0.1) is 17.6 Å². The molecular formula is C14H14FN3O. The van der Waals surface area contributed by atoms with Crippen LogP contribution in [-0.4, -0.2) is 15.0 Å². The zero-order chi connectivity index (χ0) is 13.1. The second kappa shape index (κ2) is 5.30. The summed E-state index contributed by atoms with van der Waals surface area (Å²) >= 11 is 0. The van der Waals surface area contributed by atoms with E-state index in [0.29, 0.717) is 18.0 Å². The first-order valence-electron chi connectivity index (χ1n) is 6.35. The highest BCUT2D eigenvalue weighted by Gasteiger charge is 2.24. The van der Waals surface area contributed by atoms with E-state index in [4.69, 9.17) is 4.74 Å². The van der Waals surface area contributed by atoms with Crippen molar-refractivity contribution >= 4 is 0 Å². The molecule has 1 aliphatic rings. The topological polar surface area (TPSA) is 47.9 Å². The van der Waals surface area contributed by atoms with Crippen LogP contribution in [0.1, 0.15) is 24.2 Å². The van der Waals surface area contributed by atoms with Gasteiger partial charge in [-0.2, -0.15) is 4.98 Å². The summed E-state index contributed by atoms with van der Waals surface area (Å²) in [5.41, 5.74) is 1.24. The van der Waals surface area contributed by atoms with Crippen molar-refractivity contribution in [1.29, 1.82) is 0 Å². The van der Waals surface area contributed by atoms with Crippen LogP contribution >= 0.6 is 0 Å². The van der Waals surface area contributed by atoms with Gasteiger partial charge in [-0.05, 0) is 37.3 Å². The van der Waals surface area contributed by atoms with E-state index in [1.54, 1.807) is 6.20 Å². The van der Waals surface area contributed by atoms with Crippen molar-refractivity contribution in [3.8, 4) is 6.01 Å². The molecule has 2 heterocycles. The molecule has 1 aliphatic carbocycles. The Hall–Kier alpha value is -2.04. The number of pyridine rings is 1. The van der Waals surface area contributed by atoms with Gasteiger partial charge in [0.2, 0.25) is 0 Å². The fraction of sp³-hybridized carbons (Fsp3) is 0.357. The highest BCUT2D eigenvalue weighted by atomic mass is 19.1. The molecule has 3 rings (SSSR count). The first kappa shape index (κ1) is 12.0. The Balaban J connectivity index is 1.67. The standard InChI is InChI=1S/C14H14FN3O/c15-12-8-17-14(18-13(12)7-10-4-5-10)19-9-11-3-1-2-6-16-11/h1-3,6,8,10H,4-5,7,9H2. The van der Waals surface area contributed by atoms with Gasteiger partial charge in [0, 0.05) is 6.20 Å². The van der Waals surface area contributed by atoms with Gasteiger partial charge >= 0.3 is 6.01 Å². The highest BCUT2D eigenvalue weighted by Crippen LogP contribution is 2.32. The summed E-state index contributed by atoms with van der Waals surface area (Å²) in [6.07, 6.45) is 5.87. The van der Waals surface area contributed by atoms with Crippen LogP contribution in [0.15, 0.2) is 30.6 Å². The van der Waals surface area contributed by atoms with Crippen LogP contribution in [0.25, 0.3) is 0 Å². The number of ether oxygens (including phenoxy) is 1. The molecule has 5 heteroatoms. The molecule has 0 N–H and O–H groups in total. The lowest BCUT2D eigenvalue weighted by Gasteiger charge is -2.06. The summed E-state index contributed by atoms with van der Waals surface area (Å²) in [6, 6.07) is 5.79. The molecule has 4 nitrogen and oxygen atoms in total. The zero-order valence-electron chi connectivity index (χ0n) is 10.4. The number of hydrogen-bond acceptors (Lipinski definition) is 4. The third-order valence-electron chi connectivity index (χ3n) is 3.05. The van der Waals surface area contributed by atoms with Crippen molar-refractivity contribution in [2.45, 2.75) is 25.9 Å². The molecule has 98 valence electrons. The van der Waals surface area contributed by atoms with Crippen molar-refractivity contribution in [3.63, 3.8) is 0 Å². The van der Waals surface area contributed by atoms with Crippen LogP contribution in [0.2, 0.25) is 0 Å². The third-order valence-corrected chi connectivity index (χ3v) is 3.05. The molecule has 1 fully saturated rings. The lowest BCUT2D eigenvalue weighted by molar-refractivity contribution is 0.273. The number of nitrogens with zero attached hydrogens (tertiary/aromatic N) is 3. The molecule has 0 saturated heterocycles. The van der Waals surface area contributed by atoms with Crippen LogP contribution in [0, 0.1) is 11.7 Å². The summed E-state index contributed by atoms with van der Waals surface area (Å²) in [4.78, 5) is 12.1. The van der Waals surface area contributed by atoms with Gasteiger partial charge in [0.1, 0.15) is 6.61 Å². The van der Waals surface area contributed by atoms with Gasteiger partial charge in [-0.1, -0.05) is 6.07 Å². The Labute approximate surface area is 110 Å². The first-order chi connectivity index (χ1) is 9.31. The molecule has 1 saturated carbocycles. The molecule has 0 aliphatic heterocycles. The molecule has 0 aromatic carbocycles. The first-order valence-corrected chi connectivity index (χ1v) is 6.35. The van der Waals surface area contributed by atoms with E-state index in [1.807, 2.05) is 18.2 Å². The predicted octanol–water partition coefficient (Wildman–Crippen LogP) is 2.54. The lowest BCUT2D eigenvalue weighted by Crippen LogP contribution is -2.05. The molecular weight excluding hydrogens is 245 g/mol. The van der Waals surface area contributed by atoms with Crippen LogP contribution in [-0.2, 0) is 13.0 Å². The van der Waals surface area contributed by atoms with Gasteiger partial charge in [-0.15, -0.1) is 0 Å². The smallest absolute Gasteiger partial charge is 0.317 e. The molecule has 0 unspecified atom stereocenters. The van der Waals surface area contributed by atoms with Gasteiger partial charge in [0.25, 0.3) is 0 Å². The fourth-order valence-corrected chi connectivity index (χ4v) is 1.81. The summed E-state index contributed by atoms with van der Waals surface area (Å²) in [5.74, 6) is 0.227. The van der Waals surface area contributed by atoms with Gasteiger partial charge in [-0.3, -0.25) is 4.98 Å². The van der Waals surface area contributed by atoms with E-state index >= 15 is 0 Å². The minimum atomic E-state index is -0.350. The number of aromatic nitrogens is 3. The Morgan fingerprint density at radius 1 is 1.26 bits per heavy atom. The minimum absolute atomic E-state index is 0.211. The SMILES string of the molecule is Fc1cnc(OCc2ccccn2)nc1CC1CC1. The van der Waals surface area contributed by atoms with E-state index in [-0.39, 0.29) is 18.4 Å². The summed E-state index contributed by atoms with van der Waals surface area (Å²) in [5, 5.41) is 0. The Morgan fingerprint density at radius 2 is 2.16 bits per heavy atom. The molecule has 0 bridgehead atoms. The van der Waals surface area contributed by atoms with Crippen molar-refractivity contribution in [2.24, 2.45) is 5.92 Å². The molecule has 2 aromatic rings. The summed E-state index contributed by atoms with van der Waals surface area (Å²) in [7, 11) is 0.